The van der Waals surface area contributed by atoms with Crippen LogP contribution in [0.3, 0.4) is 0 Å². The number of benzene rings is 2. The molecule has 25 heavy (non-hydrogen) atoms. The zero-order valence-electron chi connectivity index (χ0n) is 14.4. The van der Waals surface area contributed by atoms with Gasteiger partial charge in [-0.05, 0) is 42.2 Å². The Hall–Kier alpha value is -2.95. The fraction of sp³-hybridized carbons (Fsp3) is 0.250. The second-order valence-corrected chi connectivity index (χ2v) is 5.96. The zero-order chi connectivity index (χ0) is 17.6. The predicted octanol–water partition coefficient (Wildman–Crippen LogP) is 4.16. The normalized spacial score (nSPS) is 11.9. The van der Waals surface area contributed by atoms with Gasteiger partial charge in [0.2, 0.25) is 5.88 Å². The van der Waals surface area contributed by atoms with E-state index in [0.717, 1.165) is 23.0 Å². The molecule has 0 unspecified atom stereocenters. The molecule has 0 fully saturated rings. The van der Waals surface area contributed by atoms with Crippen LogP contribution in [-0.2, 0) is 4.79 Å². The van der Waals surface area contributed by atoms with Crippen molar-refractivity contribution in [3.05, 3.63) is 60.4 Å². The molecular formula is C20H21N3O2. The first-order valence-corrected chi connectivity index (χ1v) is 8.39. The van der Waals surface area contributed by atoms with Crippen molar-refractivity contribution in [2.24, 2.45) is 0 Å². The average Bonchev–Trinajstić information content (AvgIpc) is 2.66. The van der Waals surface area contributed by atoms with Crippen LogP contribution in [0.2, 0.25) is 0 Å². The standard InChI is InChI=1S/C20H21N3O2/c1-3-14(2)15-8-10-16(11-9-15)23-19(24)12-25-20-17-6-4-5-7-18(17)21-13-22-20/h4-11,13-14H,3,12H2,1-2H3,(H,23,24)/t14-/m1/s1. The maximum Gasteiger partial charge on any atom is 0.262 e. The number of hydrogen-bond acceptors (Lipinski definition) is 4. The number of carbonyl (C=O) groups excluding carboxylic acids is 1. The largest absolute Gasteiger partial charge is 0.467 e. The molecule has 1 atom stereocenters. The van der Waals surface area contributed by atoms with E-state index in [1.807, 2.05) is 48.5 Å². The number of hydrogen-bond donors (Lipinski definition) is 1. The highest BCUT2D eigenvalue weighted by atomic mass is 16.5. The molecule has 5 nitrogen and oxygen atoms in total. The number of aromatic nitrogens is 2. The van der Waals surface area contributed by atoms with Crippen molar-refractivity contribution in [1.29, 1.82) is 0 Å². The van der Waals surface area contributed by atoms with Gasteiger partial charge in [0.05, 0.1) is 10.9 Å². The minimum atomic E-state index is -0.223. The van der Waals surface area contributed by atoms with Gasteiger partial charge in [0.15, 0.2) is 6.61 Å². The Labute approximate surface area is 147 Å². The molecule has 1 heterocycles. The lowest BCUT2D eigenvalue weighted by Crippen LogP contribution is -2.20. The third kappa shape index (κ3) is 4.12. The van der Waals surface area contributed by atoms with Crippen molar-refractivity contribution in [2.45, 2.75) is 26.2 Å². The number of nitrogens with zero attached hydrogens (tertiary/aromatic N) is 2. The Morgan fingerprint density at radius 3 is 2.64 bits per heavy atom. The number of ether oxygens (including phenoxy) is 1. The quantitative estimate of drug-likeness (QED) is 0.734. The fourth-order valence-corrected chi connectivity index (χ4v) is 2.56. The van der Waals surface area contributed by atoms with Crippen LogP contribution in [0.5, 0.6) is 5.88 Å². The minimum absolute atomic E-state index is 0.103. The molecule has 0 saturated heterocycles. The van der Waals surface area contributed by atoms with E-state index < -0.39 is 0 Å². The molecule has 0 aliphatic heterocycles. The van der Waals surface area contributed by atoms with Gasteiger partial charge < -0.3 is 10.1 Å². The van der Waals surface area contributed by atoms with Crippen molar-refractivity contribution in [2.75, 3.05) is 11.9 Å². The van der Waals surface area contributed by atoms with Crippen LogP contribution in [0.15, 0.2) is 54.9 Å². The van der Waals surface area contributed by atoms with Crippen LogP contribution in [0.4, 0.5) is 5.69 Å². The van der Waals surface area contributed by atoms with E-state index in [9.17, 15) is 4.79 Å². The summed E-state index contributed by atoms with van der Waals surface area (Å²) >= 11 is 0. The van der Waals surface area contributed by atoms with Crippen molar-refractivity contribution < 1.29 is 9.53 Å². The Morgan fingerprint density at radius 2 is 1.88 bits per heavy atom. The Bertz CT molecular complexity index is 857. The highest BCUT2D eigenvalue weighted by Gasteiger charge is 2.08. The molecule has 128 valence electrons. The summed E-state index contributed by atoms with van der Waals surface area (Å²) in [7, 11) is 0. The van der Waals surface area contributed by atoms with Gasteiger partial charge in [0.25, 0.3) is 5.91 Å². The molecule has 3 aromatic rings. The maximum absolute atomic E-state index is 12.1. The number of rotatable bonds is 6. The number of para-hydroxylation sites is 1. The molecule has 0 aliphatic carbocycles. The molecular weight excluding hydrogens is 314 g/mol. The van der Waals surface area contributed by atoms with Gasteiger partial charge in [-0.3, -0.25) is 4.79 Å². The lowest BCUT2D eigenvalue weighted by Gasteiger charge is -2.11. The Balaban J connectivity index is 1.61. The summed E-state index contributed by atoms with van der Waals surface area (Å²) in [6.07, 6.45) is 2.52. The first-order valence-electron chi connectivity index (χ1n) is 8.39. The molecule has 0 saturated carbocycles. The van der Waals surface area contributed by atoms with E-state index in [2.05, 4.69) is 29.1 Å². The predicted molar refractivity (Wildman–Crippen MR) is 98.8 cm³/mol. The lowest BCUT2D eigenvalue weighted by molar-refractivity contribution is -0.118. The first-order chi connectivity index (χ1) is 12.2. The Morgan fingerprint density at radius 1 is 1.12 bits per heavy atom. The van der Waals surface area contributed by atoms with E-state index in [1.165, 1.54) is 11.9 Å². The zero-order valence-corrected chi connectivity index (χ0v) is 14.4. The number of anilines is 1. The van der Waals surface area contributed by atoms with Gasteiger partial charge in [-0.15, -0.1) is 0 Å². The van der Waals surface area contributed by atoms with Gasteiger partial charge in [0, 0.05) is 5.69 Å². The van der Waals surface area contributed by atoms with Crippen molar-refractivity contribution >= 4 is 22.5 Å². The van der Waals surface area contributed by atoms with E-state index in [0.29, 0.717) is 11.8 Å². The number of carbonyl (C=O) groups is 1. The lowest BCUT2D eigenvalue weighted by atomic mass is 9.99. The summed E-state index contributed by atoms with van der Waals surface area (Å²) in [6, 6.07) is 15.5. The summed E-state index contributed by atoms with van der Waals surface area (Å²) in [5, 5.41) is 3.62. The number of amides is 1. The summed E-state index contributed by atoms with van der Waals surface area (Å²) < 4.78 is 5.57. The molecule has 1 N–H and O–H groups in total. The van der Waals surface area contributed by atoms with Gasteiger partial charge in [-0.1, -0.05) is 38.1 Å². The molecule has 5 heteroatoms. The summed E-state index contributed by atoms with van der Waals surface area (Å²) in [5.74, 6) is 0.700. The number of fused-ring (bicyclic) bond motifs is 1. The van der Waals surface area contributed by atoms with E-state index in [4.69, 9.17) is 4.74 Å². The van der Waals surface area contributed by atoms with Gasteiger partial charge in [0.1, 0.15) is 6.33 Å². The van der Waals surface area contributed by atoms with Gasteiger partial charge in [-0.25, -0.2) is 9.97 Å². The highest BCUT2D eigenvalue weighted by molar-refractivity contribution is 5.92. The Kier molecular flexibility index (Phi) is 5.23. The third-order valence-electron chi connectivity index (χ3n) is 4.22. The summed E-state index contributed by atoms with van der Waals surface area (Å²) in [6.45, 7) is 4.25. The molecule has 0 bridgehead atoms. The van der Waals surface area contributed by atoms with E-state index in [-0.39, 0.29) is 12.5 Å². The smallest absolute Gasteiger partial charge is 0.262 e. The van der Waals surface area contributed by atoms with E-state index >= 15 is 0 Å². The maximum atomic E-state index is 12.1. The van der Waals surface area contributed by atoms with Crippen LogP contribution in [0.25, 0.3) is 10.9 Å². The molecule has 1 aromatic heterocycles. The van der Waals surface area contributed by atoms with Gasteiger partial charge >= 0.3 is 0 Å². The van der Waals surface area contributed by atoms with E-state index in [1.54, 1.807) is 0 Å². The van der Waals surface area contributed by atoms with Crippen LogP contribution >= 0.6 is 0 Å². The third-order valence-corrected chi connectivity index (χ3v) is 4.22. The molecule has 1 amide bonds. The van der Waals surface area contributed by atoms with Crippen molar-refractivity contribution in [3.8, 4) is 5.88 Å². The first kappa shape index (κ1) is 16.9. The molecule has 3 rings (SSSR count). The van der Waals surface area contributed by atoms with Crippen molar-refractivity contribution in [3.63, 3.8) is 0 Å². The molecule has 2 aromatic carbocycles. The highest BCUT2D eigenvalue weighted by Crippen LogP contribution is 2.21. The molecule has 0 radical (unpaired) electrons. The monoisotopic (exact) mass is 335 g/mol. The summed E-state index contributed by atoms with van der Waals surface area (Å²) in [4.78, 5) is 20.4. The van der Waals surface area contributed by atoms with Crippen LogP contribution in [0, 0.1) is 0 Å². The van der Waals surface area contributed by atoms with Crippen LogP contribution < -0.4 is 10.1 Å². The van der Waals surface area contributed by atoms with Crippen LogP contribution in [-0.4, -0.2) is 22.5 Å². The second-order valence-electron chi connectivity index (χ2n) is 5.96. The second kappa shape index (κ2) is 7.75. The van der Waals surface area contributed by atoms with Crippen molar-refractivity contribution in [1.82, 2.24) is 9.97 Å². The average molecular weight is 335 g/mol. The summed E-state index contributed by atoms with van der Waals surface area (Å²) in [5.41, 5.74) is 2.81. The fourth-order valence-electron chi connectivity index (χ4n) is 2.56. The number of nitrogens with one attached hydrogen (secondary N) is 1. The minimum Gasteiger partial charge on any atom is -0.467 e. The topological polar surface area (TPSA) is 64.1 Å². The van der Waals surface area contributed by atoms with Crippen LogP contribution in [0.1, 0.15) is 31.7 Å². The molecule has 0 aliphatic rings. The van der Waals surface area contributed by atoms with Gasteiger partial charge in [-0.2, -0.15) is 0 Å². The molecule has 0 spiro atoms. The SMILES string of the molecule is CC[C@@H](C)c1ccc(NC(=O)COc2ncnc3ccccc23)cc1.